The van der Waals surface area contributed by atoms with Gasteiger partial charge in [0.05, 0.1) is 12.6 Å². The molecule has 1 aromatic rings. The maximum Gasteiger partial charge on any atom is 0.251 e. The summed E-state index contributed by atoms with van der Waals surface area (Å²) in [6, 6.07) is 5.77. The summed E-state index contributed by atoms with van der Waals surface area (Å²) in [7, 11) is 0. The van der Waals surface area contributed by atoms with E-state index in [-0.39, 0.29) is 30.4 Å². The summed E-state index contributed by atoms with van der Waals surface area (Å²) in [6.45, 7) is 0.452. The molecule has 23 heavy (non-hydrogen) atoms. The quantitative estimate of drug-likeness (QED) is 0.763. The summed E-state index contributed by atoms with van der Waals surface area (Å²) in [5.41, 5.74) is 3.19. The van der Waals surface area contributed by atoms with Crippen molar-refractivity contribution in [3.63, 3.8) is 0 Å². The number of aliphatic hydroxyl groups is 1. The van der Waals surface area contributed by atoms with Crippen LogP contribution < -0.4 is 10.6 Å². The van der Waals surface area contributed by atoms with E-state index in [9.17, 15) is 14.7 Å². The van der Waals surface area contributed by atoms with Crippen molar-refractivity contribution in [3.05, 3.63) is 34.9 Å². The Kier molecular flexibility index (Phi) is 4.96. The minimum atomic E-state index is -0.309. The predicted octanol–water partition coefficient (Wildman–Crippen LogP) is 1.18. The van der Waals surface area contributed by atoms with Crippen LogP contribution >= 0.6 is 0 Å². The lowest BCUT2D eigenvalue weighted by molar-refractivity contribution is -0.120. The minimum Gasteiger partial charge on any atom is -0.393 e. The summed E-state index contributed by atoms with van der Waals surface area (Å²) >= 11 is 0. The van der Waals surface area contributed by atoms with Crippen LogP contribution in [0.1, 0.15) is 47.2 Å². The molecule has 124 valence electrons. The number of benzene rings is 1. The van der Waals surface area contributed by atoms with Crippen molar-refractivity contribution in [1.82, 2.24) is 10.6 Å². The topological polar surface area (TPSA) is 78.4 Å². The molecule has 3 N–H and O–H groups in total. The molecule has 0 saturated heterocycles. The molecule has 5 heteroatoms. The van der Waals surface area contributed by atoms with E-state index in [1.165, 1.54) is 11.1 Å². The van der Waals surface area contributed by atoms with Crippen LogP contribution in [0.25, 0.3) is 0 Å². The molecular weight excluding hydrogens is 292 g/mol. The van der Waals surface area contributed by atoms with E-state index in [0.29, 0.717) is 12.1 Å². The number of amides is 2. The largest absolute Gasteiger partial charge is 0.393 e. The highest BCUT2D eigenvalue weighted by molar-refractivity contribution is 5.96. The number of rotatable bonds is 5. The first kappa shape index (κ1) is 16.0. The monoisotopic (exact) mass is 316 g/mol. The molecule has 2 aliphatic rings. The SMILES string of the molecule is O=C(CNC(=O)c1ccc2c(c1)CCC2)NC[C@H]1CCC[C@H]1O. The van der Waals surface area contributed by atoms with Crippen molar-refractivity contribution in [2.75, 3.05) is 13.1 Å². The fourth-order valence-corrected chi connectivity index (χ4v) is 3.54. The molecule has 0 bridgehead atoms. The number of hydrogen-bond donors (Lipinski definition) is 3. The minimum absolute atomic E-state index is 0.0290. The van der Waals surface area contributed by atoms with Crippen LogP contribution in [0, 0.1) is 5.92 Å². The molecule has 1 fully saturated rings. The highest BCUT2D eigenvalue weighted by Crippen LogP contribution is 2.24. The van der Waals surface area contributed by atoms with Gasteiger partial charge in [0.1, 0.15) is 0 Å². The van der Waals surface area contributed by atoms with Gasteiger partial charge in [-0.1, -0.05) is 12.5 Å². The number of fused-ring (bicyclic) bond motifs is 1. The second kappa shape index (κ2) is 7.13. The Morgan fingerprint density at radius 1 is 1.09 bits per heavy atom. The number of aliphatic hydroxyl groups excluding tert-OH is 1. The van der Waals surface area contributed by atoms with E-state index in [1.807, 2.05) is 18.2 Å². The van der Waals surface area contributed by atoms with Gasteiger partial charge in [-0.2, -0.15) is 0 Å². The van der Waals surface area contributed by atoms with Crippen molar-refractivity contribution in [2.45, 2.75) is 44.6 Å². The van der Waals surface area contributed by atoms with Crippen molar-refractivity contribution >= 4 is 11.8 Å². The van der Waals surface area contributed by atoms with Gasteiger partial charge in [0.15, 0.2) is 0 Å². The van der Waals surface area contributed by atoms with Crippen LogP contribution in [0.15, 0.2) is 18.2 Å². The average Bonchev–Trinajstić information content (AvgIpc) is 3.18. The highest BCUT2D eigenvalue weighted by atomic mass is 16.3. The second-order valence-electron chi connectivity index (χ2n) is 6.58. The summed E-state index contributed by atoms with van der Waals surface area (Å²) in [5.74, 6) is -0.277. The maximum atomic E-state index is 12.1. The van der Waals surface area contributed by atoms with Gasteiger partial charge in [-0.3, -0.25) is 9.59 Å². The summed E-state index contributed by atoms with van der Waals surface area (Å²) in [6.07, 6.45) is 5.73. The summed E-state index contributed by atoms with van der Waals surface area (Å²) in [4.78, 5) is 24.0. The van der Waals surface area contributed by atoms with Crippen molar-refractivity contribution in [1.29, 1.82) is 0 Å². The first-order valence-electron chi connectivity index (χ1n) is 8.48. The third-order valence-electron chi connectivity index (χ3n) is 4.95. The van der Waals surface area contributed by atoms with E-state index >= 15 is 0 Å². The molecule has 2 aliphatic carbocycles. The van der Waals surface area contributed by atoms with Crippen LogP contribution in [-0.4, -0.2) is 36.1 Å². The van der Waals surface area contributed by atoms with Crippen molar-refractivity contribution in [3.8, 4) is 0 Å². The van der Waals surface area contributed by atoms with Gasteiger partial charge >= 0.3 is 0 Å². The zero-order valence-corrected chi connectivity index (χ0v) is 13.3. The van der Waals surface area contributed by atoms with Gasteiger partial charge in [-0.15, -0.1) is 0 Å². The lowest BCUT2D eigenvalue weighted by Crippen LogP contribution is -2.40. The smallest absolute Gasteiger partial charge is 0.251 e. The summed E-state index contributed by atoms with van der Waals surface area (Å²) < 4.78 is 0. The fraction of sp³-hybridized carbons (Fsp3) is 0.556. The number of aryl methyl sites for hydroxylation is 2. The molecule has 1 aromatic carbocycles. The zero-order chi connectivity index (χ0) is 16.2. The van der Waals surface area contributed by atoms with Crippen LogP contribution in [0.3, 0.4) is 0 Å². The Hall–Kier alpha value is -1.88. The maximum absolute atomic E-state index is 12.1. The number of nitrogens with one attached hydrogen (secondary N) is 2. The molecule has 0 aliphatic heterocycles. The van der Waals surface area contributed by atoms with Gasteiger partial charge < -0.3 is 15.7 Å². The third kappa shape index (κ3) is 3.91. The Morgan fingerprint density at radius 2 is 1.91 bits per heavy atom. The molecule has 0 heterocycles. The average molecular weight is 316 g/mol. The van der Waals surface area contributed by atoms with Crippen molar-refractivity contribution in [2.24, 2.45) is 5.92 Å². The van der Waals surface area contributed by atoms with E-state index in [4.69, 9.17) is 0 Å². The Labute approximate surface area is 136 Å². The van der Waals surface area contributed by atoms with Crippen LogP contribution in [0.5, 0.6) is 0 Å². The number of carbonyl (C=O) groups excluding carboxylic acids is 2. The molecular formula is C18H24N2O3. The second-order valence-corrected chi connectivity index (χ2v) is 6.58. The van der Waals surface area contributed by atoms with Gasteiger partial charge in [-0.05, 0) is 55.4 Å². The molecule has 0 spiro atoms. The molecule has 2 amide bonds. The zero-order valence-electron chi connectivity index (χ0n) is 13.3. The molecule has 0 unspecified atom stereocenters. The number of hydrogen-bond acceptors (Lipinski definition) is 3. The third-order valence-corrected chi connectivity index (χ3v) is 4.95. The predicted molar refractivity (Wildman–Crippen MR) is 87.2 cm³/mol. The van der Waals surface area contributed by atoms with Crippen molar-refractivity contribution < 1.29 is 14.7 Å². The molecule has 0 radical (unpaired) electrons. The lowest BCUT2D eigenvalue weighted by atomic mass is 10.1. The number of carbonyl (C=O) groups is 2. The van der Waals surface area contributed by atoms with Gasteiger partial charge in [-0.25, -0.2) is 0 Å². The highest BCUT2D eigenvalue weighted by Gasteiger charge is 2.25. The summed E-state index contributed by atoms with van der Waals surface area (Å²) in [5, 5.41) is 15.2. The van der Waals surface area contributed by atoms with E-state index in [1.54, 1.807) is 0 Å². The molecule has 0 aromatic heterocycles. The van der Waals surface area contributed by atoms with Gasteiger partial charge in [0.2, 0.25) is 5.91 Å². The van der Waals surface area contributed by atoms with E-state index in [2.05, 4.69) is 10.6 Å². The lowest BCUT2D eigenvalue weighted by Gasteiger charge is -2.15. The van der Waals surface area contributed by atoms with Crippen LogP contribution in [0.2, 0.25) is 0 Å². The Morgan fingerprint density at radius 3 is 2.70 bits per heavy atom. The fourth-order valence-electron chi connectivity index (χ4n) is 3.54. The first-order chi connectivity index (χ1) is 11.1. The van der Waals surface area contributed by atoms with E-state index < -0.39 is 0 Å². The Balaban J connectivity index is 1.44. The normalized spacial score (nSPS) is 22.7. The van der Waals surface area contributed by atoms with E-state index in [0.717, 1.165) is 38.5 Å². The molecule has 3 rings (SSSR count). The van der Waals surface area contributed by atoms with Crippen LogP contribution in [-0.2, 0) is 17.6 Å². The van der Waals surface area contributed by atoms with Crippen LogP contribution in [0.4, 0.5) is 0 Å². The molecule has 2 atom stereocenters. The first-order valence-corrected chi connectivity index (χ1v) is 8.48. The standard InChI is InChI=1S/C18H24N2O3/c21-16-6-2-5-15(16)10-19-17(22)11-20-18(23)14-8-7-12-3-1-4-13(12)9-14/h7-9,15-16,21H,1-6,10-11H2,(H,19,22)(H,20,23)/t15-,16-/m1/s1. The Bertz CT molecular complexity index is 600. The van der Waals surface area contributed by atoms with Gasteiger partial charge in [0, 0.05) is 18.0 Å². The molecule has 5 nitrogen and oxygen atoms in total. The molecule has 1 saturated carbocycles. The van der Waals surface area contributed by atoms with Gasteiger partial charge in [0.25, 0.3) is 5.91 Å².